The fraction of sp³-hybridized carbons (Fsp3) is 0.206. The number of allylic oxidation sites excluding steroid dienone is 2. The summed E-state index contributed by atoms with van der Waals surface area (Å²) in [4.78, 5) is 4.71. The van der Waals surface area contributed by atoms with Crippen molar-refractivity contribution in [2.75, 3.05) is 5.32 Å². The zero-order valence-electron chi connectivity index (χ0n) is 21.4. The summed E-state index contributed by atoms with van der Waals surface area (Å²) < 4.78 is 5.99. The summed E-state index contributed by atoms with van der Waals surface area (Å²) >= 11 is 0. The van der Waals surface area contributed by atoms with E-state index < -0.39 is 0 Å². The maximum atomic E-state index is 5.99. The van der Waals surface area contributed by atoms with Crippen LogP contribution in [0.3, 0.4) is 0 Å². The SMILES string of the molecule is Cc1cc(C)cc(COc2ccc(C=Nc3ccc([C@@H]4Nc5ccccc5[C@H]5C=CC[C@H]54)cc3)cc2)c1. The lowest BCUT2D eigenvalue weighted by Crippen LogP contribution is -2.28. The number of benzene rings is 4. The number of aryl methyl sites for hydroxylation is 2. The van der Waals surface area contributed by atoms with Gasteiger partial charge >= 0.3 is 0 Å². The number of fused-ring (bicyclic) bond motifs is 3. The average molecular weight is 485 g/mol. The minimum atomic E-state index is 0.309. The molecule has 4 aromatic carbocycles. The summed E-state index contributed by atoms with van der Waals surface area (Å²) in [5.41, 5.74) is 9.71. The third-order valence-corrected chi connectivity index (χ3v) is 7.45. The van der Waals surface area contributed by atoms with Crippen LogP contribution < -0.4 is 10.1 Å². The van der Waals surface area contributed by atoms with Crippen LogP contribution in [0.25, 0.3) is 0 Å². The van der Waals surface area contributed by atoms with E-state index in [-0.39, 0.29) is 0 Å². The summed E-state index contributed by atoms with van der Waals surface area (Å²) in [6.45, 7) is 4.81. The second-order valence-corrected chi connectivity index (χ2v) is 10.3. The van der Waals surface area contributed by atoms with Crippen LogP contribution >= 0.6 is 0 Å². The zero-order chi connectivity index (χ0) is 25.2. The van der Waals surface area contributed by atoms with Crippen LogP contribution in [0.2, 0.25) is 0 Å². The van der Waals surface area contributed by atoms with Gasteiger partial charge < -0.3 is 10.1 Å². The highest BCUT2D eigenvalue weighted by molar-refractivity contribution is 5.82. The molecule has 3 heteroatoms. The fourth-order valence-corrected chi connectivity index (χ4v) is 5.76. The normalized spacial score (nSPS) is 19.9. The lowest BCUT2D eigenvalue weighted by atomic mass is 9.77. The highest BCUT2D eigenvalue weighted by Gasteiger charge is 2.37. The predicted octanol–water partition coefficient (Wildman–Crippen LogP) is 8.46. The first-order valence-corrected chi connectivity index (χ1v) is 13.1. The highest BCUT2D eigenvalue weighted by atomic mass is 16.5. The number of nitrogens with zero attached hydrogens (tertiary/aromatic N) is 1. The number of aliphatic imine (C=N–C) groups is 1. The van der Waals surface area contributed by atoms with Gasteiger partial charge in [-0.15, -0.1) is 0 Å². The van der Waals surface area contributed by atoms with Crippen molar-refractivity contribution in [3.63, 3.8) is 0 Å². The van der Waals surface area contributed by atoms with Gasteiger partial charge in [-0.25, -0.2) is 0 Å². The zero-order valence-corrected chi connectivity index (χ0v) is 21.4. The monoisotopic (exact) mass is 484 g/mol. The fourth-order valence-electron chi connectivity index (χ4n) is 5.76. The molecule has 6 rings (SSSR count). The minimum Gasteiger partial charge on any atom is -0.489 e. The Kier molecular flexibility index (Phi) is 6.36. The molecule has 0 fully saturated rings. The van der Waals surface area contributed by atoms with Crippen LogP contribution in [-0.4, -0.2) is 6.21 Å². The van der Waals surface area contributed by atoms with Crippen molar-refractivity contribution in [1.29, 1.82) is 0 Å². The molecule has 0 saturated carbocycles. The summed E-state index contributed by atoms with van der Waals surface area (Å²) in [6, 6.07) is 32.3. The van der Waals surface area contributed by atoms with Crippen LogP contribution in [0.4, 0.5) is 11.4 Å². The molecule has 37 heavy (non-hydrogen) atoms. The first-order valence-electron chi connectivity index (χ1n) is 13.1. The van der Waals surface area contributed by atoms with Crippen LogP contribution in [0.15, 0.2) is 108 Å². The Hall–Kier alpha value is -4.11. The van der Waals surface area contributed by atoms with E-state index in [1.807, 2.05) is 30.5 Å². The van der Waals surface area contributed by atoms with Gasteiger partial charge in [-0.2, -0.15) is 0 Å². The largest absolute Gasteiger partial charge is 0.489 e. The summed E-state index contributed by atoms with van der Waals surface area (Å²) in [6.07, 6.45) is 7.75. The van der Waals surface area contributed by atoms with Crippen molar-refractivity contribution in [2.45, 2.75) is 38.8 Å². The van der Waals surface area contributed by atoms with Gasteiger partial charge in [-0.1, -0.05) is 71.8 Å². The third-order valence-electron chi connectivity index (χ3n) is 7.45. The highest BCUT2D eigenvalue weighted by Crippen LogP contribution is 2.49. The number of hydrogen-bond donors (Lipinski definition) is 1. The van der Waals surface area contributed by atoms with Crippen molar-refractivity contribution in [3.8, 4) is 5.75 Å². The number of rotatable bonds is 6. The molecule has 4 aromatic rings. The topological polar surface area (TPSA) is 33.6 Å². The standard InChI is InChI=1S/C34H32N2O/c1-23-18-24(2)20-26(19-23)22-37-29-16-10-25(11-17-29)21-35-28-14-12-27(13-15-28)34-32-8-5-7-30(32)31-6-3-4-9-33(31)36-34/h3-7,9-21,30,32,34,36H,8,22H2,1-2H3/t30-,32-,34+/m1/s1. The number of nitrogens with one attached hydrogen (secondary N) is 1. The molecule has 0 aromatic heterocycles. The van der Waals surface area contributed by atoms with E-state index in [0.717, 1.165) is 23.4 Å². The molecule has 3 atom stereocenters. The number of ether oxygens (including phenoxy) is 1. The van der Waals surface area contributed by atoms with Crippen molar-refractivity contribution in [2.24, 2.45) is 10.9 Å². The maximum absolute atomic E-state index is 5.99. The lowest BCUT2D eigenvalue weighted by Gasteiger charge is -2.37. The number of anilines is 1. The van der Waals surface area contributed by atoms with Crippen molar-refractivity contribution >= 4 is 17.6 Å². The van der Waals surface area contributed by atoms with Crippen molar-refractivity contribution < 1.29 is 4.74 Å². The molecular formula is C34H32N2O. The van der Waals surface area contributed by atoms with E-state index in [4.69, 9.17) is 9.73 Å². The van der Waals surface area contributed by atoms with Crippen LogP contribution in [0.1, 0.15) is 51.8 Å². The smallest absolute Gasteiger partial charge is 0.119 e. The quantitative estimate of drug-likeness (QED) is 0.220. The molecule has 2 aliphatic rings. The van der Waals surface area contributed by atoms with Crippen LogP contribution in [-0.2, 0) is 6.61 Å². The van der Waals surface area contributed by atoms with Crippen LogP contribution in [0.5, 0.6) is 5.75 Å². The van der Waals surface area contributed by atoms with E-state index in [0.29, 0.717) is 24.5 Å². The minimum absolute atomic E-state index is 0.309. The second-order valence-electron chi connectivity index (χ2n) is 10.3. The third kappa shape index (κ3) is 5.08. The van der Waals surface area contributed by atoms with E-state index in [1.165, 1.54) is 33.5 Å². The Bertz CT molecular complexity index is 1430. The molecule has 0 amide bonds. The first-order chi connectivity index (χ1) is 18.1. The van der Waals surface area contributed by atoms with Gasteiger partial charge in [0.25, 0.3) is 0 Å². The van der Waals surface area contributed by atoms with Gasteiger partial charge in [0.1, 0.15) is 12.4 Å². The Morgan fingerprint density at radius 3 is 2.43 bits per heavy atom. The first kappa shape index (κ1) is 23.3. The van der Waals surface area contributed by atoms with E-state index in [1.54, 1.807) is 0 Å². The molecule has 184 valence electrons. The van der Waals surface area contributed by atoms with Gasteiger partial charge in [0.2, 0.25) is 0 Å². The molecule has 0 radical (unpaired) electrons. The Balaban J connectivity index is 1.10. The summed E-state index contributed by atoms with van der Waals surface area (Å²) in [5.74, 6) is 1.91. The van der Waals surface area contributed by atoms with E-state index in [2.05, 4.69) is 98.0 Å². The summed E-state index contributed by atoms with van der Waals surface area (Å²) in [5, 5.41) is 3.80. The molecule has 1 heterocycles. The molecule has 0 unspecified atom stereocenters. The number of hydrogen-bond acceptors (Lipinski definition) is 3. The molecule has 0 spiro atoms. The van der Waals surface area contributed by atoms with Gasteiger partial charge in [0.05, 0.1) is 11.7 Å². The maximum Gasteiger partial charge on any atom is 0.119 e. The van der Waals surface area contributed by atoms with E-state index >= 15 is 0 Å². The Morgan fingerprint density at radius 1 is 0.892 bits per heavy atom. The van der Waals surface area contributed by atoms with Crippen molar-refractivity contribution in [3.05, 3.63) is 137 Å². The van der Waals surface area contributed by atoms with Gasteiger partial charge in [-0.3, -0.25) is 4.99 Å². The molecule has 1 aliphatic heterocycles. The molecule has 0 bridgehead atoms. The lowest BCUT2D eigenvalue weighted by molar-refractivity contribution is 0.306. The molecular weight excluding hydrogens is 452 g/mol. The average Bonchev–Trinajstić information content (AvgIpc) is 3.41. The second kappa shape index (κ2) is 10.1. The molecule has 1 aliphatic carbocycles. The molecule has 1 N–H and O–H groups in total. The van der Waals surface area contributed by atoms with Crippen molar-refractivity contribution in [1.82, 2.24) is 0 Å². The van der Waals surface area contributed by atoms with Gasteiger partial charge in [0, 0.05) is 17.8 Å². The predicted molar refractivity (Wildman–Crippen MR) is 153 cm³/mol. The molecule has 0 saturated heterocycles. The summed E-state index contributed by atoms with van der Waals surface area (Å²) in [7, 11) is 0. The number of para-hydroxylation sites is 1. The Labute approximate surface area is 219 Å². The Morgan fingerprint density at radius 2 is 1.65 bits per heavy atom. The van der Waals surface area contributed by atoms with Gasteiger partial charge in [-0.05, 0) is 90.9 Å². The van der Waals surface area contributed by atoms with Gasteiger partial charge in [0.15, 0.2) is 0 Å². The molecule has 3 nitrogen and oxygen atoms in total. The van der Waals surface area contributed by atoms with Crippen LogP contribution in [0, 0.1) is 19.8 Å². The van der Waals surface area contributed by atoms with E-state index in [9.17, 15) is 0 Å².